The van der Waals surface area contributed by atoms with Crippen molar-refractivity contribution in [1.29, 1.82) is 0 Å². The number of aromatic nitrogens is 3. The van der Waals surface area contributed by atoms with Crippen molar-refractivity contribution in [2.75, 3.05) is 6.61 Å². The average molecular weight is 343 g/mol. The molecule has 0 unspecified atom stereocenters. The van der Waals surface area contributed by atoms with Crippen molar-refractivity contribution < 1.29 is 14.4 Å². The molecule has 0 aliphatic heterocycles. The normalized spacial score (nSPS) is 14.7. The van der Waals surface area contributed by atoms with Crippen LogP contribution in [-0.4, -0.2) is 22.7 Å². The zero-order chi connectivity index (χ0) is 18.0. The number of benzene rings is 1. The standard InChI is InChI=1S/C19H25N3O3/c1-12(2)13(3)19(23)25-9-5-8-18-20-16-10-14-6-4-7-15(14)11-17(16)22(24)21-18/h10-13H,4-9H2,1-3H3/t13-/m1/s1. The summed E-state index contributed by atoms with van der Waals surface area (Å²) in [6.45, 7) is 6.19. The average Bonchev–Trinajstić information content (AvgIpc) is 3.03. The number of ether oxygens (including phenoxy) is 1. The largest absolute Gasteiger partial charge is 0.594 e. The molecule has 1 aromatic heterocycles. The highest BCUT2D eigenvalue weighted by molar-refractivity contribution is 5.73. The molecule has 0 saturated heterocycles. The predicted octanol–water partition coefficient (Wildman–Crippen LogP) is 2.52. The topological polar surface area (TPSA) is 79.0 Å². The molecular weight excluding hydrogens is 318 g/mol. The third-order valence-electron chi connectivity index (χ3n) is 5.01. The van der Waals surface area contributed by atoms with Gasteiger partial charge >= 0.3 is 5.97 Å². The zero-order valence-corrected chi connectivity index (χ0v) is 15.1. The smallest absolute Gasteiger partial charge is 0.308 e. The van der Waals surface area contributed by atoms with E-state index in [1.807, 2.05) is 32.9 Å². The Labute approximate surface area is 147 Å². The highest BCUT2D eigenvalue weighted by Crippen LogP contribution is 2.25. The second kappa shape index (κ2) is 7.33. The Morgan fingerprint density at radius 3 is 2.72 bits per heavy atom. The van der Waals surface area contributed by atoms with E-state index in [2.05, 4.69) is 10.1 Å². The summed E-state index contributed by atoms with van der Waals surface area (Å²) in [5.74, 6) is 0.470. The molecule has 25 heavy (non-hydrogen) atoms. The number of fused-ring (bicyclic) bond motifs is 2. The van der Waals surface area contributed by atoms with Crippen molar-refractivity contribution in [3.8, 4) is 0 Å². The lowest BCUT2D eigenvalue weighted by Crippen LogP contribution is -2.34. The highest BCUT2D eigenvalue weighted by Gasteiger charge is 2.19. The minimum Gasteiger partial charge on any atom is -0.594 e. The van der Waals surface area contributed by atoms with E-state index in [4.69, 9.17) is 4.74 Å². The molecule has 6 heteroatoms. The van der Waals surface area contributed by atoms with Crippen LogP contribution in [0.4, 0.5) is 0 Å². The van der Waals surface area contributed by atoms with Crippen LogP contribution in [0.15, 0.2) is 12.1 Å². The number of aryl methyl sites for hydroxylation is 3. The molecule has 0 saturated carbocycles. The van der Waals surface area contributed by atoms with Gasteiger partial charge in [0.2, 0.25) is 0 Å². The monoisotopic (exact) mass is 343 g/mol. The first-order valence-corrected chi connectivity index (χ1v) is 9.04. The molecule has 0 spiro atoms. The third kappa shape index (κ3) is 3.89. The SMILES string of the molecule is CC(C)[C@@H](C)C(=O)OCCCc1nc2cc3c(cc2[n+]([O-])n1)CCC3. The number of hydrogen-bond acceptors (Lipinski definition) is 5. The van der Waals surface area contributed by atoms with Gasteiger partial charge in [0.05, 0.1) is 12.5 Å². The van der Waals surface area contributed by atoms with Crippen molar-refractivity contribution in [1.82, 2.24) is 10.1 Å². The lowest BCUT2D eigenvalue weighted by molar-refractivity contribution is -0.644. The van der Waals surface area contributed by atoms with Crippen LogP contribution in [0.5, 0.6) is 0 Å². The van der Waals surface area contributed by atoms with E-state index in [1.54, 1.807) is 0 Å². The van der Waals surface area contributed by atoms with Gasteiger partial charge in [-0.3, -0.25) is 4.79 Å². The molecule has 0 bridgehead atoms. The summed E-state index contributed by atoms with van der Waals surface area (Å²) in [5, 5.41) is 16.2. The van der Waals surface area contributed by atoms with Crippen molar-refractivity contribution in [3.63, 3.8) is 0 Å². The van der Waals surface area contributed by atoms with E-state index in [0.717, 1.165) is 19.3 Å². The van der Waals surface area contributed by atoms with E-state index in [0.29, 0.717) is 41.2 Å². The van der Waals surface area contributed by atoms with Gasteiger partial charge in [0.1, 0.15) is 5.52 Å². The minimum atomic E-state index is -0.177. The first kappa shape index (κ1) is 17.6. The summed E-state index contributed by atoms with van der Waals surface area (Å²) in [6.07, 6.45) is 4.32. The summed E-state index contributed by atoms with van der Waals surface area (Å²) < 4.78 is 5.29. The molecule has 0 radical (unpaired) electrons. The molecular formula is C19H25N3O3. The maximum absolute atomic E-state index is 12.2. The molecule has 1 aromatic carbocycles. The molecule has 0 fully saturated rings. The molecule has 3 rings (SSSR count). The van der Waals surface area contributed by atoms with E-state index in [1.165, 1.54) is 11.1 Å². The van der Waals surface area contributed by atoms with Crippen LogP contribution in [0.1, 0.15) is 50.6 Å². The van der Waals surface area contributed by atoms with E-state index in [-0.39, 0.29) is 17.8 Å². The van der Waals surface area contributed by atoms with Crippen molar-refractivity contribution in [3.05, 3.63) is 34.3 Å². The fraction of sp³-hybridized carbons (Fsp3) is 0.579. The molecule has 1 heterocycles. The summed E-state index contributed by atoms with van der Waals surface area (Å²) in [4.78, 5) is 17.0. The molecule has 0 amide bonds. The summed E-state index contributed by atoms with van der Waals surface area (Å²) in [7, 11) is 0. The van der Waals surface area contributed by atoms with Gasteiger partial charge in [-0.15, -0.1) is 0 Å². The Bertz CT molecular complexity index is 789. The van der Waals surface area contributed by atoms with Gasteiger partial charge in [-0.2, -0.15) is 0 Å². The van der Waals surface area contributed by atoms with Crippen molar-refractivity contribution in [2.45, 2.75) is 52.9 Å². The van der Waals surface area contributed by atoms with E-state index < -0.39 is 0 Å². The first-order valence-electron chi connectivity index (χ1n) is 9.04. The van der Waals surface area contributed by atoms with Gasteiger partial charge in [0.25, 0.3) is 5.52 Å². The Balaban J connectivity index is 1.62. The predicted molar refractivity (Wildman–Crippen MR) is 93.8 cm³/mol. The van der Waals surface area contributed by atoms with Crippen LogP contribution in [-0.2, 0) is 28.8 Å². The molecule has 6 nitrogen and oxygen atoms in total. The van der Waals surface area contributed by atoms with Crippen LogP contribution in [0.3, 0.4) is 0 Å². The Morgan fingerprint density at radius 2 is 2.00 bits per heavy atom. The zero-order valence-electron chi connectivity index (χ0n) is 15.1. The van der Waals surface area contributed by atoms with Crippen LogP contribution >= 0.6 is 0 Å². The van der Waals surface area contributed by atoms with Crippen LogP contribution in [0.2, 0.25) is 0 Å². The summed E-state index contributed by atoms with van der Waals surface area (Å²) in [5.41, 5.74) is 3.75. The van der Waals surface area contributed by atoms with Gasteiger partial charge < -0.3 is 9.94 Å². The van der Waals surface area contributed by atoms with Crippen LogP contribution in [0.25, 0.3) is 11.0 Å². The maximum atomic E-state index is 12.2. The Morgan fingerprint density at radius 1 is 1.28 bits per heavy atom. The van der Waals surface area contributed by atoms with Crippen molar-refractivity contribution >= 4 is 17.0 Å². The number of rotatable bonds is 6. The molecule has 134 valence electrons. The number of carbonyl (C=O) groups is 1. The third-order valence-corrected chi connectivity index (χ3v) is 5.01. The maximum Gasteiger partial charge on any atom is 0.308 e. The highest BCUT2D eigenvalue weighted by atomic mass is 16.5. The summed E-state index contributed by atoms with van der Waals surface area (Å²) in [6, 6.07) is 3.94. The molecule has 2 aromatic rings. The second-order valence-electron chi connectivity index (χ2n) is 7.17. The van der Waals surface area contributed by atoms with Gasteiger partial charge in [-0.25, -0.2) is 4.98 Å². The fourth-order valence-corrected chi connectivity index (χ4v) is 3.07. The van der Waals surface area contributed by atoms with Crippen LogP contribution < -0.4 is 4.85 Å². The number of nitrogens with zero attached hydrogens (tertiary/aromatic N) is 3. The quantitative estimate of drug-likeness (QED) is 0.348. The number of hydrogen-bond donors (Lipinski definition) is 0. The fourth-order valence-electron chi connectivity index (χ4n) is 3.07. The number of esters is 1. The molecule has 1 aliphatic rings. The minimum absolute atomic E-state index is 0.109. The van der Waals surface area contributed by atoms with Gasteiger partial charge in [0, 0.05) is 17.6 Å². The lowest BCUT2D eigenvalue weighted by atomic mass is 9.99. The van der Waals surface area contributed by atoms with Crippen molar-refractivity contribution in [2.24, 2.45) is 11.8 Å². The van der Waals surface area contributed by atoms with E-state index >= 15 is 0 Å². The molecule has 0 N–H and O–H groups in total. The van der Waals surface area contributed by atoms with Gasteiger partial charge in [-0.1, -0.05) is 20.8 Å². The molecule has 1 aliphatic carbocycles. The summed E-state index contributed by atoms with van der Waals surface area (Å²) >= 11 is 0. The first-order chi connectivity index (χ1) is 12.0. The van der Waals surface area contributed by atoms with Crippen LogP contribution in [0, 0.1) is 17.0 Å². The van der Waals surface area contributed by atoms with Gasteiger partial charge in [0.15, 0.2) is 5.82 Å². The Kier molecular flexibility index (Phi) is 5.16. The lowest BCUT2D eigenvalue weighted by Gasteiger charge is -2.14. The van der Waals surface area contributed by atoms with E-state index in [9.17, 15) is 10.0 Å². The Hall–Kier alpha value is -2.24. The van der Waals surface area contributed by atoms with Gasteiger partial charge in [-0.05, 0) is 53.6 Å². The second-order valence-corrected chi connectivity index (χ2v) is 7.17. The molecule has 1 atom stereocenters. The number of carbonyl (C=O) groups excluding carboxylic acids is 1.